The monoisotopic (exact) mass is 248 g/mol. The molecule has 0 bridgehead atoms. The van der Waals surface area contributed by atoms with Crippen molar-refractivity contribution in [3.8, 4) is 0 Å². The van der Waals surface area contributed by atoms with Gasteiger partial charge in [0.15, 0.2) is 0 Å². The molecule has 0 unspecified atom stereocenters. The second kappa shape index (κ2) is 4.04. The predicted molar refractivity (Wildman–Crippen MR) is 62.2 cm³/mol. The Kier molecular flexibility index (Phi) is 4.04. The van der Waals surface area contributed by atoms with E-state index in [-0.39, 0.29) is 9.93 Å². The molecule has 0 radical (unpaired) electrons. The van der Waals surface area contributed by atoms with Gasteiger partial charge in [0, 0.05) is 0 Å². The highest BCUT2D eigenvalue weighted by Gasteiger charge is 2.26. The van der Waals surface area contributed by atoms with Gasteiger partial charge >= 0.3 is 0 Å². The van der Waals surface area contributed by atoms with Crippen molar-refractivity contribution < 1.29 is 4.74 Å². The van der Waals surface area contributed by atoms with Crippen LogP contribution in [0.4, 0.5) is 0 Å². The summed E-state index contributed by atoms with van der Waals surface area (Å²) in [6, 6.07) is 0. The molecule has 13 heavy (non-hydrogen) atoms. The molecule has 0 heterocycles. The van der Waals surface area contributed by atoms with Crippen molar-refractivity contribution in [1.29, 1.82) is 0 Å². The number of allylic oxidation sites excluding steroid dienone is 2. The van der Waals surface area contributed by atoms with Crippen LogP contribution in [0, 0.1) is 0 Å². The van der Waals surface area contributed by atoms with Crippen LogP contribution in [0.3, 0.4) is 0 Å². The normalized spacial score (nSPS) is 12.6. The van der Waals surface area contributed by atoms with Crippen LogP contribution in [0.2, 0.25) is 0 Å². The Labute approximate surface area is 90.7 Å². The fraction of sp³-hybridized carbons (Fsp3) is 0.818. The Morgan fingerprint density at radius 2 is 1.38 bits per heavy atom. The maximum absolute atomic E-state index is 5.90. The van der Waals surface area contributed by atoms with Gasteiger partial charge in [-0.05, 0) is 54.0 Å². The highest BCUT2D eigenvalue weighted by atomic mass is 79.9. The van der Waals surface area contributed by atoms with E-state index in [1.165, 1.54) is 5.57 Å². The van der Waals surface area contributed by atoms with E-state index in [0.717, 1.165) is 5.76 Å². The second-order valence-electron chi connectivity index (χ2n) is 5.02. The molecule has 2 heteroatoms. The molecule has 0 rings (SSSR count). The Bertz CT molecular complexity index is 199. The first-order valence-electron chi connectivity index (χ1n) is 4.60. The lowest BCUT2D eigenvalue weighted by Crippen LogP contribution is -2.27. The number of alkyl halides is 1. The standard InChI is InChI=1S/C11H21BrO/c1-8(2)9(11(6,7)12)13-10(3,4)5/h1-7H3. The fourth-order valence-corrected chi connectivity index (χ4v) is 1.60. The Balaban J connectivity index is 4.80. The van der Waals surface area contributed by atoms with E-state index in [9.17, 15) is 0 Å². The summed E-state index contributed by atoms with van der Waals surface area (Å²) >= 11 is 3.62. The topological polar surface area (TPSA) is 9.23 Å². The summed E-state index contributed by atoms with van der Waals surface area (Å²) in [5.74, 6) is 1.03. The van der Waals surface area contributed by atoms with Crippen molar-refractivity contribution in [2.75, 3.05) is 0 Å². The molecule has 1 nitrogen and oxygen atoms in total. The van der Waals surface area contributed by atoms with Crippen molar-refractivity contribution in [3.05, 3.63) is 11.3 Å². The van der Waals surface area contributed by atoms with Crippen molar-refractivity contribution in [1.82, 2.24) is 0 Å². The molecule has 0 aliphatic heterocycles. The molecule has 0 aliphatic carbocycles. The van der Waals surface area contributed by atoms with Gasteiger partial charge in [0.2, 0.25) is 0 Å². The Hall–Kier alpha value is 0.0200. The van der Waals surface area contributed by atoms with Gasteiger partial charge in [-0.3, -0.25) is 0 Å². The Morgan fingerprint density at radius 1 is 1.00 bits per heavy atom. The third-order valence-electron chi connectivity index (χ3n) is 1.40. The van der Waals surface area contributed by atoms with E-state index in [4.69, 9.17) is 4.74 Å². The minimum absolute atomic E-state index is 0.0842. The van der Waals surface area contributed by atoms with Gasteiger partial charge in [-0.25, -0.2) is 0 Å². The lowest BCUT2D eigenvalue weighted by atomic mass is 10.1. The van der Waals surface area contributed by atoms with Gasteiger partial charge in [-0.15, -0.1) is 0 Å². The molecule has 0 aliphatic rings. The van der Waals surface area contributed by atoms with Crippen LogP contribution < -0.4 is 0 Å². The van der Waals surface area contributed by atoms with E-state index in [2.05, 4.69) is 64.4 Å². The van der Waals surface area contributed by atoms with Crippen molar-refractivity contribution in [3.63, 3.8) is 0 Å². The molecule has 0 spiro atoms. The van der Waals surface area contributed by atoms with E-state index in [0.29, 0.717) is 0 Å². The molecular formula is C11H21BrO. The van der Waals surface area contributed by atoms with Gasteiger partial charge in [0.1, 0.15) is 11.4 Å². The lowest BCUT2D eigenvalue weighted by molar-refractivity contribution is 0.0403. The molecule has 0 saturated heterocycles. The van der Waals surface area contributed by atoms with Crippen LogP contribution in [-0.2, 0) is 4.74 Å². The number of hydrogen-bond donors (Lipinski definition) is 0. The lowest BCUT2D eigenvalue weighted by Gasteiger charge is -2.31. The van der Waals surface area contributed by atoms with Gasteiger partial charge < -0.3 is 4.74 Å². The zero-order valence-corrected chi connectivity index (χ0v) is 11.4. The Morgan fingerprint density at radius 3 is 1.46 bits per heavy atom. The summed E-state index contributed by atoms with van der Waals surface area (Å²) < 4.78 is 5.81. The molecular weight excluding hydrogens is 228 g/mol. The largest absolute Gasteiger partial charge is 0.491 e. The number of rotatable bonds is 2. The molecule has 0 aromatic heterocycles. The van der Waals surface area contributed by atoms with Crippen LogP contribution in [0.5, 0.6) is 0 Å². The zero-order valence-electron chi connectivity index (χ0n) is 9.79. The fourth-order valence-electron chi connectivity index (χ4n) is 1.12. The zero-order chi connectivity index (χ0) is 10.9. The first-order valence-corrected chi connectivity index (χ1v) is 5.39. The van der Waals surface area contributed by atoms with Crippen LogP contribution >= 0.6 is 15.9 Å². The van der Waals surface area contributed by atoms with Crippen molar-refractivity contribution in [2.24, 2.45) is 0 Å². The molecule has 0 saturated carbocycles. The molecule has 78 valence electrons. The number of ether oxygens (including phenoxy) is 1. The maximum Gasteiger partial charge on any atom is 0.112 e. The SMILES string of the molecule is CC(C)=C(OC(C)(C)C)C(C)(C)Br. The predicted octanol–water partition coefficient (Wildman–Crippen LogP) is 4.27. The van der Waals surface area contributed by atoms with Crippen molar-refractivity contribution >= 4 is 15.9 Å². The highest BCUT2D eigenvalue weighted by Crippen LogP contribution is 2.32. The van der Waals surface area contributed by atoms with Crippen LogP contribution in [0.25, 0.3) is 0 Å². The van der Waals surface area contributed by atoms with Crippen LogP contribution in [0.15, 0.2) is 11.3 Å². The maximum atomic E-state index is 5.90. The molecule has 0 amide bonds. The summed E-state index contributed by atoms with van der Waals surface area (Å²) in [6.45, 7) is 14.5. The van der Waals surface area contributed by atoms with E-state index in [1.807, 2.05) is 0 Å². The summed E-state index contributed by atoms with van der Waals surface area (Å²) in [6.07, 6.45) is 0. The van der Waals surface area contributed by atoms with Gasteiger partial charge in [-0.2, -0.15) is 0 Å². The average molecular weight is 249 g/mol. The van der Waals surface area contributed by atoms with Gasteiger partial charge in [-0.1, -0.05) is 15.9 Å². The molecule has 0 aromatic carbocycles. The van der Waals surface area contributed by atoms with Gasteiger partial charge in [0.25, 0.3) is 0 Å². The second-order valence-corrected chi connectivity index (χ2v) is 7.00. The van der Waals surface area contributed by atoms with Crippen LogP contribution in [-0.4, -0.2) is 9.93 Å². The highest BCUT2D eigenvalue weighted by molar-refractivity contribution is 9.10. The minimum Gasteiger partial charge on any atom is -0.491 e. The van der Waals surface area contributed by atoms with E-state index < -0.39 is 0 Å². The summed E-state index contributed by atoms with van der Waals surface area (Å²) in [5, 5.41) is 0. The number of hydrogen-bond acceptors (Lipinski definition) is 1. The third kappa shape index (κ3) is 5.35. The average Bonchev–Trinajstić information content (AvgIpc) is 1.77. The molecule has 0 atom stereocenters. The molecule has 0 aromatic rings. The first-order chi connectivity index (χ1) is 5.54. The van der Waals surface area contributed by atoms with Crippen LogP contribution in [0.1, 0.15) is 48.5 Å². The quantitative estimate of drug-likeness (QED) is 0.524. The van der Waals surface area contributed by atoms with Crippen molar-refractivity contribution in [2.45, 2.75) is 58.4 Å². The molecule has 0 fully saturated rings. The van der Waals surface area contributed by atoms with Gasteiger partial charge in [0.05, 0.1) is 4.32 Å². The minimum atomic E-state index is -0.127. The van der Waals surface area contributed by atoms with E-state index in [1.54, 1.807) is 0 Å². The van der Waals surface area contributed by atoms with E-state index >= 15 is 0 Å². The third-order valence-corrected chi connectivity index (χ3v) is 1.76. The molecule has 0 N–H and O–H groups in total. The number of halogens is 1. The first kappa shape index (κ1) is 13.0. The smallest absolute Gasteiger partial charge is 0.112 e. The summed E-state index contributed by atoms with van der Waals surface area (Å²) in [4.78, 5) is 0. The summed E-state index contributed by atoms with van der Waals surface area (Å²) in [7, 11) is 0. The summed E-state index contributed by atoms with van der Waals surface area (Å²) in [5.41, 5.74) is 1.09.